The zero-order chi connectivity index (χ0) is 13.0. The highest BCUT2D eigenvalue weighted by atomic mass is 35.5. The number of nitrogens with zero attached hydrogens (tertiary/aromatic N) is 1. The van der Waals surface area contributed by atoms with Crippen LogP contribution < -0.4 is 5.32 Å². The summed E-state index contributed by atoms with van der Waals surface area (Å²) in [6.45, 7) is 2.87. The van der Waals surface area contributed by atoms with E-state index >= 15 is 0 Å². The van der Waals surface area contributed by atoms with Crippen molar-refractivity contribution in [3.05, 3.63) is 51.2 Å². The first-order valence-electron chi connectivity index (χ1n) is 5.80. The molecule has 1 heterocycles. The molecule has 0 bridgehead atoms. The number of benzene rings is 1. The number of halogens is 2. The van der Waals surface area contributed by atoms with Crippen LogP contribution in [0.1, 0.15) is 30.0 Å². The van der Waals surface area contributed by atoms with Crippen molar-refractivity contribution < 1.29 is 4.39 Å². The number of rotatable bonds is 5. The molecule has 1 aromatic heterocycles. The van der Waals surface area contributed by atoms with Crippen molar-refractivity contribution >= 4 is 22.9 Å². The second-order valence-corrected chi connectivity index (χ2v) is 5.23. The molecule has 2 rings (SSSR count). The van der Waals surface area contributed by atoms with Crippen LogP contribution in [-0.2, 0) is 0 Å². The van der Waals surface area contributed by atoms with Gasteiger partial charge >= 0.3 is 0 Å². The van der Waals surface area contributed by atoms with Gasteiger partial charge < -0.3 is 5.32 Å². The normalized spacial score (nSPS) is 12.6. The molecule has 96 valence electrons. The van der Waals surface area contributed by atoms with Gasteiger partial charge in [0.05, 0.1) is 11.1 Å². The quantitative estimate of drug-likeness (QED) is 0.897. The van der Waals surface area contributed by atoms with Gasteiger partial charge in [-0.15, -0.1) is 11.3 Å². The van der Waals surface area contributed by atoms with E-state index in [1.807, 2.05) is 5.38 Å². The number of thiazole rings is 1. The van der Waals surface area contributed by atoms with E-state index in [9.17, 15) is 4.39 Å². The highest BCUT2D eigenvalue weighted by Crippen LogP contribution is 2.29. The second-order valence-electron chi connectivity index (χ2n) is 3.90. The van der Waals surface area contributed by atoms with Gasteiger partial charge in [0.1, 0.15) is 10.8 Å². The maximum Gasteiger partial charge on any atom is 0.146 e. The first-order valence-corrected chi connectivity index (χ1v) is 7.06. The first-order chi connectivity index (χ1) is 8.74. The summed E-state index contributed by atoms with van der Waals surface area (Å²) in [4.78, 5) is 4.26. The van der Waals surface area contributed by atoms with Crippen molar-refractivity contribution in [2.75, 3.05) is 6.54 Å². The van der Waals surface area contributed by atoms with Crippen LogP contribution in [-0.4, -0.2) is 11.5 Å². The molecule has 2 aromatic rings. The largest absolute Gasteiger partial charge is 0.304 e. The lowest BCUT2D eigenvalue weighted by Gasteiger charge is -2.17. The average molecular weight is 285 g/mol. The lowest BCUT2D eigenvalue weighted by molar-refractivity contribution is 0.545. The predicted molar refractivity (Wildman–Crippen MR) is 73.7 cm³/mol. The molecule has 5 heteroatoms. The zero-order valence-electron chi connectivity index (χ0n) is 9.99. The van der Waals surface area contributed by atoms with Gasteiger partial charge in [0, 0.05) is 17.1 Å². The highest BCUT2D eigenvalue weighted by Gasteiger charge is 2.20. The van der Waals surface area contributed by atoms with Crippen LogP contribution in [0.2, 0.25) is 5.02 Å². The Morgan fingerprint density at radius 2 is 2.33 bits per heavy atom. The minimum atomic E-state index is -0.372. The van der Waals surface area contributed by atoms with E-state index in [0.29, 0.717) is 5.56 Å². The summed E-state index contributed by atoms with van der Waals surface area (Å²) in [6, 6.07) is 4.83. The maximum absolute atomic E-state index is 14.1. The van der Waals surface area contributed by atoms with Gasteiger partial charge in [0.2, 0.25) is 0 Å². The van der Waals surface area contributed by atoms with Crippen molar-refractivity contribution in [1.29, 1.82) is 0 Å². The first kappa shape index (κ1) is 13.5. The van der Waals surface area contributed by atoms with Crippen LogP contribution in [0.5, 0.6) is 0 Å². The van der Waals surface area contributed by atoms with Crippen LogP contribution in [0.15, 0.2) is 29.8 Å². The number of nitrogens with one attached hydrogen (secondary N) is 1. The predicted octanol–water partition coefficient (Wildman–Crippen LogP) is 4.02. The molecule has 1 N–H and O–H groups in total. The van der Waals surface area contributed by atoms with Gasteiger partial charge in [-0.25, -0.2) is 9.37 Å². The Hall–Kier alpha value is -0.970. The van der Waals surface area contributed by atoms with E-state index in [4.69, 9.17) is 11.6 Å². The van der Waals surface area contributed by atoms with Gasteiger partial charge in [0.25, 0.3) is 0 Å². The van der Waals surface area contributed by atoms with Crippen LogP contribution in [0.25, 0.3) is 0 Å². The Balaban J connectivity index is 2.37. The van der Waals surface area contributed by atoms with Crippen molar-refractivity contribution in [2.45, 2.75) is 19.4 Å². The summed E-state index contributed by atoms with van der Waals surface area (Å²) >= 11 is 7.34. The molecule has 0 radical (unpaired) electrons. The Morgan fingerprint density at radius 3 is 3.00 bits per heavy atom. The van der Waals surface area contributed by atoms with Crippen molar-refractivity contribution in [3.8, 4) is 0 Å². The summed E-state index contributed by atoms with van der Waals surface area (Å²) in [5.41, 5.74) is 0.547. The van der Waals surface area contributed by atoms with Crippen molar-refractivity contribution in [3.63, 3.8) is 0 Å². The summed E-state index contributed by atoms with van der Waals surface area (Å²) < 4.78 is 14.1. The Morgan fingerprint density at radius 1 is 1.50 bits per heavy atom. The molecule has 0 fully saturated rings. The summed E-state index contributed by atoms with van der Waals surface area (Å²) in [6.07, 6.45) is 2.70. The molecular formula is C13H14ClFN2S. The number of aromatic nitrogens is 1. The van der Waals surface area contributed by atoms with Crippen LogP contribution in [0, 0.1) is 5.82 Å². The molecule has 0 aliphatic heterocycles. The fourth-order valence-electron chi connectivity index (χ4n) is 1.74. The molecule has 0 saturated heterocycles. The zero-order valence-corrected chi connectivity index (χ0v) is 11.6. The molecule has 1 unspecified atom stereocenters. The van der Waals surface area contributed by atoms with E-state index < -0.39 is 0 Å². The van der Waals surface area contributed by atoms with Gasteiger partial charge in [0.15, 0.2) is 0 Å². The topological polar surface area (TPSA) is 24.9 Å². The Bertz CT molecular complexity index is 502. The fourth-order valence-corrected chi connectivity index (χ4v) is 2.65. The van der Waals surface area contributed by atoms with Crippen LogP contribution in [0.3, 0.4) is 0 Å². The summed E-state index contributed by atoms with van der Waals surface area (Å²) in [7, 11) is 0. The molecular weight excluding hydrogens is 271 g/mol. The third kappa shape index (κ3) is 2.88. The minimum Gasteiger partial charge on any atom is -0.304 e. The SMILES string of the molecule is CCCNC(c1nccs1)c1cccc(Cl)c1F. The molecule has 1 aromatic carbocycles. The average Bonchev–Trinajstić information content (AvgIpc) is 2.88. The van der Waals surface area contributed by atoms with Gasteiger partial charge in [-0.3, -0.25) is 0 Å². The van der Waals surface area contributed by atoms with E-state index in [1.54, 1.807) is 24.4 Å². The molecule has 0 aliphatic rings. The lowest BCUT2D eigenvalue weighted by Crippen LogP contribution is -2.24. The molecule has 1 atom stereocenters. The second kappa shape index (κ2) is 6.27. The van der Waals surface area contributed by atoms with Crippen molar-refractivity contribution in [1.82, 2.24) is 10.3 Å². The van der Waals surface area contributed by atoms with Crippen LogP contribution in [0.4, 0.5) is 4.39 Å². The molecule has 18 heavy (non-hydrogen) atoms. The number of hydrogen-bond acceptors (Lipinski definition) is 3. The summed E-state index contributed by atoms with van der Waals surface area (Å²) in [5, 5.41) is 6.19. The van der Waals surface area contributed by atoms with E-state index in [-0.39, 0.29) is 16.9 Å². The Labute approximate surface area is 115 Å². The molecule has 0 amide bonds. The smallest absolute Gasteiger partial charge is 0.146 e. The highest BCUT2D eigenvalue weighted by molar-refractivity contribution is 7.09. The third-order valence-corrected chi connectivity index (χ3v) is 3.72. The lowest BCUT2D eigenvalue weighted by atomic mass is 10.1. The molecule has 0 spiro atoms. The maximum atomic E-state index is 14.1. The minimum absolute atomic E-state index is 0.146. The van der Waals surface area contributed by atoms with Gasteiger partial charge in [-0.2, -0.15) is 0 Å². The van der Waals surface area contributed by atoms with E-state index in [0.717, 1.165) is 18.0 Å². The van der Waals surface area contributed by atoms with Gasteiger partial charge in [-0.05, 0) is 19.0 Å². The third-order valence-electron chi connectivity index (χ3n) is 2.59. The van der Waals surface area contributed by atoms with E-state index in [2.05, 4.69) is 17.2 Å². The van der Waals surface area contributed by atoms with E-state index in [1.165, 1.54) is 11.3 Å². The summed E-state index contributed by atoms with van der Waals surface area (Å²) in [5.74, 6) is -0.372. The molecule has 0 aliphatic carbocycles. The monoisotopic (exact) mass is 284 g/mol. The van der Waals surface area contributed by atoms with Crippen molar-refractivity contribution in [2.24, 2.45) is 0 Å². The standard InChI is InChI=1S/C13H14ClFN2S/c1-2-6-16-12(13-17-7-8-18-13)9-4-3-5-10(14)11(9)15/h3-5,7-8,12,16H,2,6H2,1H3. The van der Waals surface area contributed by atoms with Gasteiger partial charge in [-0.1, -0.05) is 30.7 Å². The fraction of sp³-hybridized carbons (Fsp3) is 0.308. The molecule has 2 nitrogen and oxygen atoms in total. The Kier molecular flexibility index (Phi) is 4.69. The molecule has 0 saturated carbocycles. The van der Waals surface area contributed by atoms with Crippen LogP contribution >= 0.6 is 22.9 Å². The number of hydrogen-bond donors (Lipinski definition) is 1.